The quantitative estimate of drug-likeness (QED) is 0.862. The van der Waals surface area contributed by atoms with Crippen molar-refractivity contribution in [2.75, 3.05) is 13.2 Å². The lowest BCUT2D eigenvalue weighted by Gasteiger charge is -2.26. The van der Waals surface area contributed by atoms with E-state index in [1.165, 1.54) is 0 Å². The van der Waals surface area contributed by atoms with Gasteiger partial charge in [-0.05, 0) is 32.6 Å². The van der Waals surface area contributed by atoms with Crippen molar-refractivity contribution < 1.29 is 9.53 Å². The molecule has 0 saturated carbocycles. The summed E-state index contributed by atoms with van der Waals surface area (Å²) in [7, 11) is 1.84. The standard InChI is InChI=1S/C15H22ClN3O2/c1-10-14(15(16)18(2)17-10)12-6-3-7-19(12)13(20)9-11-5-4-8-21-11/h11-12H,3-9H2,1-2H3. The molecule has 0 N–H and O–H groups in total. The predicted octanol–water partition coefficient (Wildman–Crippen LogP) is 2.61. The van der Waals surface area contributed by atoms with Crippen LogP contribution in [0.5, 0.6) is 0 Å². The lowest BCUT2D eigenvalue weighted by molar-refractivity contribution is -0.134. The maximum Gasteiger partial charge on any atom is 0.225 e. The second kappa shape index (κ2) is 5.97. The zero-order valence-electron chi connectivity index (χ0n) is 12.6. The molecule has 2 fully saturated rings. The third kappa shape index (κ3) is 2.81. The minimum absolute atomic E-state index is 0.0695. The zero-order valence-corrected chi connectivity index (χ0v) is 13.4. The molecule has 21 heavy (non-hydrogen) atoms. The molecule has 0 radical (unpaired) electrons. The zero-order chi connectivity index (χ0) is 15.0. The van der Waals surface area contributed by atoms with Crippen LogP contribution < -0.4 is 0 Å². The first-order valence-corrected chi connectivity index (χ1v) is 8.05. The molecule has 3 heterocycles. The number of aryl methyl sites for hydroxylation is 2. The first-order valence-electron chi connectivity index (χ1n) is 7.68. The van der Waals surface area contributed by atoms with Gasteiger partial charge in [0, 0.05) is 25.8 Å². The maximum absolute atomic E-state index is 12.6. The number of amides is 1. The molecule has 2 atom stereocenters. The van der Waals surface area contributed by atoms with Gasteiger partial charge in [-0.15, -0.1) is 0 Å². The largest absolute Gasteiger partial charge is 0.378 e. The average molecular weight is 312 g/mol. The molecule has 1 aromatic heterocycles. The van der Waals surface area contributed by atoms with Crippen LogP contribution in [0.3, 0.4) is 0 Å². The summed E-state index contributed by atoms with van der Waals surface area (Å²) in [6.07, 6.45) is 4.64. The van der Waals surface area contributed by atoms with E-state index in [2.05, 4.69) is 5.10 Å². The van der Waals surface area contributed by atoms with E-state index in [0.29, 0.717) is 11.6 Å². The summed E-state index contributed by atoms with van der Waals surface area (Å²) < 4.78 is 7.27. The van der Waals surface area contributed by atoms with Crippen molar-refractivity contribution in [3.63, 3.8) is 0 Å². The SMILES string of the molecule is Cc1nn(C)c(Cl)c1C1CCCN1C(=O)CC1CCCO1. The van der Waals surface area contributed by atoms with E-state index in [4.69, 9.17) is 16.3 Å². The molecule has 0 aromatic carbocycles. The van der Waals surface area contributed by atoms with Crippen molar-refractivity contribution in [2.45, 2.75) is 51.2 Å². The van der Waals surface area contributed by atoms with Gasteiger partial charge in [0.25, 0.3) is 0 Å². The minimum Gasteiger partial charge on any atom is -0.378 e. The number of hydrogen-bond acceptors (Lipinski definition) is 3. The van der Waals surface area contributed by atoms with E-state index in [1.807, 2.05) is 18.9 Å². The highest BCUT2D eigenvalue weighted by Gasteiger charge is 2.35. The van der Waals surface area contributed by atoms with E-state index in [-0.39, 0.29) is 18.1 Å². The van der Waals surface area contributed by atoms with E-state index in [1.54, 1.807) is 4.68 Å². The van der Waals surface area contributed by atoms with Gasteiger partial charge in [-0.25, -0.2) is 0 Å². The fourth-order valence-corrected chi connectivity index (χ4v) is 3.81. The number of carbonyl (C=O) groups is 1. The molecular formula is C15H22ClN3O2. The van der Waals surface area contributed by atoms with Crippen LogP contribution in [-0.4, -0.2) is 39.8 Å². The highest BCUT2D eigenvalue weighted by molar-refractivity contribution is 6.30. The molecule has 0 aliphatic carbocycles. The van der Waals surface area contributed by atoms with Crippen LogP contribution in [0.25, 0.3) is 0 Å². The van der Waals surface area contributed by atoms with E-state index in [0.717, 1.165) is 50.1 Å². The lowest BCUT2D eigenvalue weighted by atomic mass is 10.0. The summed E-state index contributed by atoms with van der Waals surface area (Å²) in [5.41, 5.74) is 1.93. The Morgan fingerprint density at radius 3 is 2.86 bits per heavy atom. The molecule has 2 aliphatic heterocycles. The first-order chi connectivity index (χ1) is 10.1. The number of aromatic nitrogens is 2. The minimum atomic E-state index is 0.0695. The first kappa shape index (κ1) is 14.9. The van der Waals surface area contributed by atoms with Gasteiger partial charge in [0.05, 0.1) is 24.3 Å². The molecule has 116 valence electrons. The van der Waals surface area contributed by atoms with Crippen molar-refractivity contribution in [1.82, 2.24) is 14.7 Å². The molecule has 2 unspecified atom stereocenters. The van der Waals surface area contributed by atoms with Crippen LogP contribution in [0.1, 0.15) is 49.4 Å². The van der Waals surface area contributed by atoms with Gasteiger partial charge in [-0.2, -0.15) is 5.10 Å². The number of hydrogen-bond donors (Lipinski definition) is 0. The Balaban J connectivity index is 1.77. The predicted molar refractivity (Wildman–Crippen MR) is 80.2 cm³/mol. The Morgan fingerprint density at radius 1 is 1.43 bits per heavy atom. The van der Waals surface area contributed by atoms with Crippen LogP contribution >= 0.6 is 11.6 Å². The van der Waals surface area contributed by atoms with Gasteiger partial charge in [0.15, 0.2) is 0 Å². The number of likely N-dealkylation sites (tertiary alicyclic amines) is 1. The van der Waals surface area contributed by atoms with Gasteiger partial charge in [-0.1, -0.05) is 11.6 Å². The Labute approximate surface area is 130 Å². The summed E-state index contributed by atoms with van der Waals surface area (Å²) in [4.78, 5) is 14.6. The van der Waals surface area contributed by atoms with Crippen molar-refractivity contribution in [3.05, 3.63) is 16.4 Å². The number of carbonyl (C=O) groups excluding carboxylic acids is 1. The number of rotatable bonds is 3. The van der Waals surface area contributed by atoms with Crippen LogP contribution in [-0.2, 0) is 16.6 Å². The summed E-state index contributed by atoms with van der Waals surface area (Å²) in [5.74, 6) is 0.184. The third-order valence-corrected chi connectivity index (χ3v) is 4.98. The summed E-state index contributed by atoms with van der Waals surface area (Å²) in [6, 6.07) is 0.0695. The third-order valence-electron chi connectivity index (χ3n) is 4.53. The van der Waals surface area contributed by atoms with Crippen molar-refractivity contribution >= 4 is 17.5 Å². The summed E-state index contributed by atoms with van der Waals surface area (Å²) in [5, 5.41) is 5.02. The van der Waals surface area contributed by atoms with Crippen LogP contribution in [0, 0.1) is 6.92 Å². The normalized spacial score (nSPS) is 25.8. The average Bonchev–Trinajstić information content (AvgIpc) is 3.13. The Hall–Kier alpha value is -1.07. The van der Waals surface area contributed by atoms with E-state index >= 15 is 0 Å². The van der Waals surface area contributed by atoms with Crippen molar-refractivity contribution in [2.24, 2.45) is 7.05 Å². The number of halogens is 1. The second-order valence-electron chi connectivity index (χ2n) is 6.00. The van der Waals surface area contributed by atoms with E-state index in [9.17, 15) is 4.79 Å². The molecule has 5 nitrogen and oxygen atoms in total. The molecule has 6 heteroatoms. The monoisotopic (exact) mass is 311 g/mol. The molecular weight excluding hydrogens is 290 g/mol. The van der Waals surface area contributed by atoms with Gasteiger partial charge in [-0.3, -0.25) is 9.48 Å². The van der Waals surface area contributed by atoms with Gasteiger partial charge >= 0.3 is 0 Å². The molecule has 0 bridgehead atoms. The van der Waals surface area contributed by atoms with Crippen LogP contribution in [0.2, 0.25) is 5.15 Å². The fraction of sp³-hybridized carbons (Fsp3) is 0.733. The van der Waals surface area contributed by atoms with Crippen LogP contribution in [0.4, 0.5) is 0 Å². The fourth-order valence-electron chi connectivity index (χ4n) is 3.51. The maximum atomic E-state index is 12.6. The second-order valence-corrected chi connectivity index (χ2v) is 6.36. The molecule has 0 spiro atoms. The van der Waals surface area contributed by atoms with Gasteiger partial charge in [0.2, 0.25) is 5.91 Å². The van der Waals surface area contributed by atoms with Gasteiger partial charge in [0.1, 0.15) is 5.15 Å². The van der Waals surface area contributed by atoms with Crippen molar-refractivity contribution in [3.8, 4) is 0 Å². The number of nitrogens with zero attached hydrogens (tertiary/aromatic N) is 3. The van der Waals surface area contributed by atoms with Crippen molar-refractivity contribution in [1.29, 1.82) is 0 Å². The number of ether oxygens (including phenoxy) is 1. The van der Waals surface area contributed by atoms with E-state index < -0.39 is 0 Å². The molecule has 3 rings (SSSR count). The molecule has 2 saturated heterocycles. The Bertz CT molecular complexity index is 537. The highest BCUT2D eigenvalue weighted by Crippen LogP contribution is 2.38. The van der Waals surface area contributed by atoms with Gasteiger partial charge < -0.3 is 9.64 Å². The lowest BCUT2D eigenvalue weighted by Crippen LogP contribution is -2.33. The summed E-state index contributed by atoms with van der Waals surface area (Å²) >= 11 is 6.37. The Morgan fingerprint density at radius 2 is 2.24 bits per heavy atom. The molecule has 2 aliphatic rings. The smallest absolute Gasteiger partial charge is 0.225 e. The molecule has 1 aromatic rings. The molecule has 1 amide bonds. The van der Waals surface area contributed by atoms with Crippen LogP contribution in [0.15, 0.2) is 0 Å². The topological polar surface area (TPSA) is 47.4 Å². The Kier molecular flexibility index (Phi) is 4.22. The summed E-state index contributed by atoms with van der Waals surface area (Å²) in [6.45, 7) is 3.55. The highest BCUT2D eigenvalue weighted by atomic mass is 35.5.